The Labute approximate surface area is 204 Å². The quantitative estimate of drug-likeness (QED) is 0.412. The molecule has 1 N–H and O–H groups in total. The molecule has 6 rings (SSSR count). The molecular weight excluding hydrogens is 462 g/mol. The molecule has 0 spiro atoms. The van der Waals surface area contributed by atoms with E-state index < -0.39 is 17.2 Å². The maximum Gasteiger partial charge on any atom is 0.336 e. The minimum atomic E-state index is -0.624. The number of amides is 1. The fourth-order valence-corrected chi connectivity index (χ4v) is 4.37. The second-order valence-corrected chi connectivity index (χ2v) is 8.59. The van der Waals surface area contributed by atoms with Gasteiger partial charge in [0, 0.05) is 11.9 Å². The van der Waals surface area contributed by atoms with Gasteiger partial charge in [-0.2, -0.15) is 0 Å². The molecule has 0 radical (unpaired) electrons. The fraction of sp³-hybridized carbons (Fsp3) is 0.148. The molecule has 0 fully saturated rings. The van der Waals surface area contributed by atoms with E-state index in [1.165, 1.54) is 4.57 Å². The molecule has 1 aliphatic heterocycles. The molecule has 180 valence electrons. The molecule has 9 nitrogen and oxygen atoms in total. The van der Waals surface area contributed by atoms with E-state index >= 15 is 0 Å². The third kappa shape index (κ3) is 3.61. The summed E-state index contributed by atoms with van der Waals surface area (Å²) in [5.74, 6) is 0.884. The van der Waals surface area contributed by atoms with Crippen LogP contribution in [0, 0.1) is 6.92 Å². The van der Waals surface area contributed by atoms with Crippen LogP contribution < -0.4 is 26.0 Å². The molecule has 36 heavy (non-hydrogen) atoms. The van der Waals surface area contributed by atoms with Crippen LogP contribution in [0.3, 0.4) is 0 Å². The number of fused-ring (bicyclic) bond motifs is 4. The summed E-state index contributed by atoms with van der Waals surface area (Å²) in [6.45, 7) is 2.02. The lowest BCUT2D eigenvalue weighted by atomic mass is 10.2. The Hall–Kier alpha value is -4.79. The Morgan fingerprint density at radius 3 is 2.58 bits per heavy atom. The lowest BCUT2D eigenvalue weighted by Crippen LogP contribution is -2.41. The zero-order chi connectivity index (χ0) is 24.8. The number of aromatic nitrogens is 2. The Morgan fingerprint density at radius 1 is 0.972 bits per heavy atom. The summed E-state index contributed by atoms with van der Waals surface area (Å²) in [7, 11) is 0. The summed E-state index contributed by atoms with van der Waals surface area (Å²) in [6.07, 6.45) is 0. The van der Waals surface area contributed by atoms with Crippen LogP contribution >= 0.6 is 0 Å². The van der Waals surface area contributed by atoms with Gasteiger partial charge in [0.15, 0.2) is 11.5 Å². The van der Waals surface area contributed by atoms with Gasteiger partial charge in [-0.25, -0.2) is 9.36 Å². The summed E-state index contributed by atoms with van der Waals surface area (Å²) in [5, 5.41) is 3.42. The number of ether oxygens (including phenoxy) is 2. The van der Waals surface area contributed by atoms with Crippen molar-refractivity contribution in [2.75, 3.05) is 6.79 Å². The Kier molecular flexibility index (Phi) is 5.10. The van der Waals surface area contributed by atoms with Gasteiger partial charge in [0.2, 0.25) is 18.3 Å². The van der Waals surface area contributed by atoms with Crippen LogP contribution in [0.4, 0.5) is 0 Å². The molecule has 0 unspecified atom stereocenters. The highest BCUT2D eigenvalue weighted by atomic mass is 16.7. The number of hydrogen-bond donors (Lipinski definition) is 1. The van der Waals surface area contributed by atoms with Gasteiger partial charge in [0.1, 0.15) is 17.6 Å². The van der Waals surface area contributed by atoms with Crippen LogP contribution in [0.1, 0.15) is 11.1 Å². The van der Waals surface area contributed by atoms with Crippen LogP contribution in [-0.2, 0) is 17.9 Å². The summed E-state index contributed by atoms with van der Waals surface area (Å²) >= 11 is 0. The van der Waals surface area contributed by atoms with E-state index in [0.29, 0.717) is 33.7 Å². The van der Waals surface area contributed by atoms with Crippen molar-refractivity contribution in [3.63, 3.8) is 0 Å². The summed E-state index contributed by atoms with van der Waals surface area (Å²) in [4.78, 5) is 40.0. The molecule has 1 aliphatic rings. The molecule has 2 aromatic heterocycles. The maximum atomic E-state index is 13.6. The largest absolute Gasteiger partial charge is 0.454 e. The van der Waals surface area contributed by atoms with Gasteiger partial charge < -0.3 is 19.2 Å². The molecule has 0 aliphatic carbocycles. The SMILES string of the molecule is Cc1ccc(-n2c(=O)c3oc4ccccc4c3n(CC(=O)NCc3ccc4c(c3)OCO4)c2=O)cc1. The second kappa shape index (κ2) is 8.46. The molecule has 3 aromatic carbocycles. The number of para-hydroxylation sites is 1. The van der Waals surface area contributed by atoms with Crippen molar-refractivity contribution in [1.29, 1.82) is 0 Å². The fourth-order valence-electron chi connectivity index (χ4n) is 4.37. The molecule has 0 atom stereocenters. The summed E-state index contributed by atoms with van der Waals surface area (Å²) in [6, 6.07) is 19.5. The number of carbonyl (C=O) groups is 1. The van der Waals surface area contributed by atoms with E-state index in [9.17, 15) is 14.4 Å². The lowest BCUT2D eigenvalue weighted by Gasteiger charge is -2.12. The zero-order valence-electron chi connectivity index (χ0n) is 19.3. The predicted molar refractivity (Wildman–Crippen MR) is 133 cm³/mol. The Morgan fingerprint density at radius 2 is 1.75 bits per heavy atom. The number of hydrogen-bond acceptors (Lipinski definition) is 6. The van der Waals surface area contributed by atoms with Crippen molar-refractivity contribution in [3.8, 4) is 17.2 Å². The maximum absolute atomic E-state index is 13.6. The molecule has 0 bridgehead atoms. The van der Waals surface area contributed by atoms with Gasteiger partial charge in [-0.1, -0.05) is 35.9 Å². The smallest absolute Gasteiger partial charge is 0.336 e. The van der Waals surface area contributed by atoms with E-state index in [2.05, 4.69) is 5.32 Å². The topological polar surface area (TPSA) is 105 Å². The van der Waals surface area contributed by atoms with Crippen LogP contribution in [0.25, 0.3) is 27.8 Å². The van der Waals surface area contributed by atoms with Gasteiger partial charge in [-0.05, 0) is 48.9 Å². The highest BCUT2D eigenvalue weighted by molar-refractivity contribution is 6.02. The third-order valence-electron chi connectivity index (χ3n) is 6.18. The molecular formula is C27H21N3O6. The minimum absolute atomic E-state index is 0.0138. The standard InChI is InChI=1S/C27H21N3O6/c1-16-6-9-18(10-7-16)30-26(32)25-24(19-4-2-3-5-20(19)36-25)29(27(30)33)14-23(31)28-13-17-8-11-21-22(12-17)35-15-34-21/h2-12H,13-15H2,1H3,(H,28,31). The van der Waals surface area contributed by atoms with Crippen molar-refractivity contribution in [1.82, 2.24) is 14.5 Å². The molecule has 3 heterocycles. The zero-order valence-corrected chi connectivity index (χ0v) is 19.3. The van der Waals surface area contributed by atoms with E-state index in [1.807, 2.05) is 25.1 Å². The average molecular weight is 483 g/mol. The third-order valence-corrected chi connectivity index (χ3v) is 6.18. The summed E-state index contributed by atoms with van der Waals surface area (Å²) < 4.78 is 18.9. The van der Waals surface area contributed by atoms with Crippen LogP contribution in [0.15, 0.2) is 80.7 Å². The number of carbonyl (C=O) groups excluding carboxylic acids is 1. The molecule has 9 heteroatoms. The van der Waals surface area contributed by atoms with E-state index in [0.717, 1.165) is 15.7 Å². The van der Waals surface area contributed by atoms with E-state index in [4.69, 9.17) is 13.9 Å². The number of benzene rings is 3. The number of nitrogens with zero attached hydrogens (tertiary/aromatic N) is 2. The lowest BCUT2D eigenvalue weighted by molar-refractivity contribution is -0.121. The Bertz CT molecular complexity index is 1760. The van der Waals surface area contributed by atoms with E-state index in [-0.39, 0.29) is 25.5 Å². The van der Waals surface area contributed by atoms with Crippen LogP contribution in [-0.4, -0.2) is 21.8 Å². The van der Waals surface area contributed by atoms with Crippen molar-refractivity contribution in [3.05, 3.63) is 98.7 Å². The van der Waals surface area contributed by atoms with Gasteiger partial charge in [-0.15, -0.1) is 0 Å². The average Bonchev–Trinajstić information content (AvgIpc) is 3.51. The first-order chi connectivity index (χ1) is 17.5. The van der Waals surface area contributed by atoms with Crippen molar-refractivity contribution < 1.29 is 18.7 Å². The highest BCUT2D eigenvalue weighted by Gasteiger charge is 2.22. The normalized spacial score (nSPS) is 12.4. The first-order valence-electron chi connectivity index (χ1n) is 11.4. The number of aryl methyl sites for hydroxylation is 1. The molecule has 0 saturated heterocycles. The Balaban J connectivity index is 1.41. The van der Waals surface area contributed by atoms with Gasteiger partial charge in [0.05, 0.1) is 5.69 Å². The van der Waals surface area contributed by atoms with Crippen LogP contribution in [0.2, 0.25) is 0 Å². The molecule has 5 aromatic rings. The minimum Gasteiger partial charge on any atom is -0.454 e. The summed E-state index contributed by atoms with van der Waals surface area (Å²) in [5.41, 5.74) is 1.77. The molecule has 1 amide bonds. The number of nitrogens with one attached hydrogen (secondary N) is 1. The number of rotatable bonds is 5. The van der Waals surface area contributed by atoms with Gasteiger partial charge >= 0.3 is 11.2 Å². The number of furan rings is 1. The first-order valence-corrected chi connectivity index (χ1v) is 11.4. The van der Waals surface area contributed by atoms with Crippen molar-refractivity contribution in [2.45, 2.75) is 20.0 Å². The van der Waals surface area contributed by atoms with Crippen molar-refractivity contribution >= 4 is 28.0 Å². The highest BCUT2D eigenvalue weighted by Crippen LogP contribution is 2.32. The molecule has 0 saturated carbocycles. The second-order valence-electron chi connectivity index (χ2n) is 8.59. The monoisotopic (exact) mass is 483 g/mol. The van der Waals surface area contributed by atoms with Gasteiger partial charge in [0.25, 0.3) is 0 Å². The van der Waals surface area contributed by atoms with E-state index in [1.54, 1.807) is 48.5 Å². The van der Waals surface area contributed by atoms with Gasteiger partial charge in [-0.3, -0.25) is 14.2 Å². The van der Waals surface area contributed by atoms with Crippen molar-refractivity contribution in [2.24, 2.45) is 0 Å². The first kappa shape index (κ1) is 21.7. The van der Waals surface area contributed by atoms with Crippen LogP contribution in [0.5, 0.6) is 11.5 Å². The predicted octanol–water partition coefficient (Wildman–Crippen LogP) is 3.25.